The first kappa shape index (κ1) is 26.8. The normalized spacial score (nSPS) is 11.9. The summed E-state index contributed by atoms with van der Waals surface area (Å²) >= 11 is 0. The number of hydrogen-bond donors (Lipinski definition) is 0. The highest BCUT2D eigenvalue weighted by molar-refractivity contribution is 5.94. The van der Waals surface area contributed by atoms with Crippen molar-refractivity contribution in [2.75, 3.05) is 13.1 Å². The van der Waals surface area contributed by atoms with Crippen LogP contribution < -0.4 is 0 Å². The van der Waals surface area contributed by atoms with Gasteiger partial charge in [-0.1, -0.05) is 33.8 Å². The second kappa shape index (κ2) is 11.8. The molecule has 0 aliphatic rings. The summed E-state index contributed by atoms with van der Waals surface area (Å²) in [6.07, 6.45) is 0.911. The Morgan fingerprint density at radius 3 is 2.40 bits per heavy atom. The van der Waals surface area contributed by atoms with Gasteiger partial charge in [-0.3, -0.25) is 9.69 Å². The monoisotopic (exact) mass is 484 g/mol. The van der Waals surface area contributed by atoms with Crippen LogP contribution in [0.1, 0.15) is 69.7 Å². The summed E-state index contributed by atoms with van der Waals surface area (Å²) < 4.78 is 30.4. The first-order chi connectivity index (χ1) is 16.6. The maximum absolute atomic E-state index is 14.4. The third kappa shape index (κ3) is 6.45. The smallest absolute Gasteiger partial charge is 0.257 e. The number of benzene rings is 2. The molecule has 1 amide bonds. The summed E-state index contributed by atoms with van der Waals surface area (Å²) in [6, 6.07) is 9.81. The van der Waals surface area contributed by atoms with Crippen LogP contribution in [0.3, 0.4) is 0 Å². The lowest BCUT2D eigenvalue weighted by atomic mass is 10.1. The molecule has 0 unspecified atom stereocenters. The van der Waals surface area contributed by atoms with Gasteiger partial charge < -0.3 is 9.47 Å². The molecule has 3 aromatic rings. The molecule has 0 N–H and O–H groups in total. The Hall–Kier alpha value is -2.80. The molecular weight excluding hydrogens is 446 g/mol. The number of fused-ring (bicyclic) bond motifs is 1. The van der Waals surface area contributed by atoms with Crippen LogP contribution in [-0.2, 0) is 19.6 Å². The molecule has 3 rings (SSSR count). The van der Waals surface area contributed by atoms with Crippen LogP contribution in [0.2, 0.25) is 0 Å². The molecule has 7 heteroatoms. The number of carbonyl (C=O) groups excluding carboxylic acids is 1. The number of rotatable bonds is 11. The van der Waals surface area contributed by atoms with Crippen molar-refractivity contribution in [2.45, 2.75) is 73.6 Å². The van der Waals surface area contributed by atoms with Crippen molar-refractivity contribution in [1.29, 1.82) is 0 Å². The third-order valence-corrected chi connectivity index (χ3v) is 6.22. The molecule has 1 heterocycles. The fourth-order valence-corrected chi connectivity index (χ4v) is 4.47. The van der Waals surface area contributed by atoms with Gasteiger partial charge in [0.25, 0.3) is 5.91 Å². The zero-order chi connectivity index (χ0) is 25.7. The quantitative estimate of drug-likeness (QED) is 0.323. The number of nitrogens with zero attached hydrogens (tertiary/aromatic N) is 4. The largest absolute Gasteiger partial charge is 0.331 e. The highest BCUT2D eigenvalue weighted by Crippen LogP contribution is 2.23. The molecular formula is C28H38F2N4O. The predicted octanol–water partition coefficient (Wildman–Crippen LogP) is 6.25. The summed E-state index contributed by atoms with van der Waals surface area (Å²) in [4.78, 5) is 22.2. The minimum Gasteiger partial charge on any atom is -0.331 e. The van der Waals surface area contributed by atoms with Gasteiger partial charge in [-0.2, -0.15) is 0 Å². The molecule has 0 atom stereocenters. The first-order valence-corrected chi connectivity index (χ1v) is 12.6. The minimum absolute atomic E-state index is 0.155. The average Bonchev–Trinajstić information content (AvgIpc) is 3.14. The Balaban J connectivity index is 1.98. The van der Waals surface area contributed by atoms with E-state index in [0.717, 1.165) is 61.1 Å². The molecule has 5 nitrogen and oxygen atoms in total. The Bertz CT molecular complexity index is 1160. The lowest BCUT2D eigenvalue weighted by molar-refractivity contribution is 0.0711. The predicted molar refractivity (Wildman–Crippen MR) is 137 cm³/mol. The van der Waals surface area contributed by atoms with Crippen molar-refractivity contribution in [3.05, 3.63) is 65.0 Å². The Morgan fingerprint density at radius 1 is 1.03 bits per heavy atom. The van der Waals surface area contributed by atoms with Crippen molar-refractivity contribution < 1.29 is 13.6 Å². The number of imidazole rings is 1. The molecule has 0 aliphatic heterocycles. The Labute approximate surface area is 207 Å². The van der Waals surface area contributed by atoms with Gasteiger partial charge in [-0.05, 0) is 68.6 Å². The zero-order valence-corrected chi connectivity index (χ0v) is 21.8. The van der Waals surface area contributed by atoms with E-state index in [1.807, 2.05) is 13.8 Å². The fourth-order valence-electron chi connectivity index (χ4n) is 4.47. The summed E-state index contributed by atoms with van der Waals surface area (Å²) in [7, 11) is 0. The van der Waals surface area contributed by atoms with Gasteiger partial charge in [-0.15, -0.1) is 0 Å². The number of aryl methyl sites for hydroxylation is 1. The number of hydrogen-bond acceptors (Lipinski definition) is 3. The van der Waals surface area contributed by atoms with Crippen molar-refractivity contribution in [1.82, 2.24) is 19.4 Å². The molecule has 0 bridgehead atoms. The van der Waals surface area contributed by atoms with Gasteiger partial charge in [-0.25, -0.2) is 13.8 Å². The number of amides is 1. The lowest BCUT2D eigenvalue weighted by Crippen LogP contribution is -2.35. The standard InChI is InChI=1S/C28H38F2N4O/c1-7-13-34-26-12-9-21(17-32(8-2)20(5)6)14-25(26)31-27(34)18-33(16-19(3)4)28(35)23-15-22(29)10-11-24(23)30/h9-12,14-15,19-20H,7-8,13,16-18H2,1-6H3. The van der Waals surface area contributed by atoms with Gasteiger partial charge in [0.05, 0.1) is 23.1 Å². The SMILES string of the molecule is CCCn1c(CN(CC(C)C)C(=O)c2cc(F)ccc2F)nc2cc(CN(CC)C(C)C)ccc21. The van der Waals surface area contributed by atoms with Crippen molar-refractivity contribution in [3.63, 3.8) is 0 Å². The second-order valence-electron chi connectivity index (χ2n) is 9.86. The van der Waals surface area contributed by atoms with Crippen molar-refractivity contribution in [3.8, 4) is 0 Å². The van der Waals surface area contributed by atoms with E-state index in [4.69, 9.17) is 4.98 Å². The number of halogens is 2. The van der Waals surface area contributed by atoms with E-state index in [1.54, 1.807) is 4.90 Å². The zero-order valence-electron chi connectivity index (χ0n) is 21.8. The average molecular weight is 485 g/mol. The molecule has 190 valence electrons. The van der Waals surface area contributed by atoms with Crippen LogP contribution in [0.5, 0.6) is 0 Å². The van der Waals surface area contributed by atoms with Crippen LogP contribution in [0, 0.1) is 17.6 Å². The third-order valence-electron chi connectivity index (χ3n) is 6.22. The highest BCUT2D eigenvalue weighted by Gasteiger charge is 2.24. The Kier molecular flexibility index (Phi) is 9.00. The maximum atomic E-state index is 14.4. The molecule has 0 aliphatic carbocycles. The molecule has 2 aromatic carbocycles. The summed E-state index contributed by atoms with van der Waals surface area (Å²) in [5.74, 6) is -0.972. The maximum Gasteiger partial charge on any atom is 0.257 e. The van der Waals surface area contributed by atoms with E-state index >= 15 is 0 Å². The molecule has 35 heavy (non-hydrogen) atoms. The summed E-state index contributed by atoms with van der Waals surface area (Å²) in [5.41, 5.74) is 2.85. The second-order valence-corrected chi connectivity index (χ2v) is 9.86. The molecule has 0 spiro atoms. The van der Waals surface area contributed by atoms with Crippen LogP contribution in [0.25, 0.3) is 11.0 Å². The van der Waals surface area contributed by atoms with Gasteiger partial charge in [0.2, 0.25) is 0 Å². The van der Waals surface area contributed by atoms with Crippen molar-refractivity contribution in [2.24, 2.45) is 5.92 Å². The molecule has 0 saturated heterocycles. The van der Waals surface area contributed by atoms with E-state index in [9.17, 15) is 13.6 Å². The topological polar surface area (TPSA) is 41.4 Å². The summed E-state index contributed by atoms with van der Waals surface area (Å²) in [5, 5.41) is 0. The Morgan fingerprint density at radius 2 is 1.77 bits per heavy atom. The molecule has 0 radical (unpaired) electrons. The van der Waals surface area contributed by atoms with Gasteiger partial charge in [0, 0.05) is 25.7 Å². The van der Waals surface area contributed by atoms with Crippen LogP contribution in [0.4, 0.5) is 8.78 Å². The first-order valence-electron chi connectivity index (χ1n) is 12.6. The lowest BCUT2D eigenvalue weighted by Gasteiger charge is -2.25. The molecule has 0 fully saturated rings. The van der Waals surface area contributed by atoms with Crippen LogP contribution in [-0.4, -0.2) is 44.4 Å². The summed E-state index contributed by atoms with van der Waals surface area (Å²) in [6.45, 7) is 15.9. The fraction of sp³-hybridized carbons (Fsp3) is 0.500. The van der Waals surface area contributed by atoms with Crippen LogP contribution >= 0.6 is 0 Å². The number of aromatic nitrogens is 2. The molecule has 1 aromatic heterocycles. The van der Waals surface area contributed by atoms with E-state index in [2.05, 4.69) is 55.4 Å². The van der Waals surface area contributed by atoms with E-state index in [1.165, 1.54) is 5.56 Å². The van der Waals surface area contributed by atoms with E-state index in [-0.39, 0.29) is 18.0 Å². The van der Waals surface area contributed by atoms with Gasteiger partial charge in [0.1, 0.15) is 17.5 Å². The number of carbonyl (C=O) groups is 1. The van der Waals surface area contributed by atoms with Gasteiger partial charge in [0.15, 0.2) is 0 Å². The van der Waals surface area contributed by atoms with Crippen molar-refractivity contribution >= 4 is 16.9 Å². The minimum atomic E-state index is -0.720. The highest BCUT2D eigenvalue weighted by atomic mass is 19.1. The van der Waals surface area contributed by atoms with E-state index < -0.39 is 17.5 Å². The van der Waals surface area contributed by atoms with Gasteiger partial charge >= 0.3 is 0 Å². The molecule has 0 saturated carbocycles. The van der Waals surface area contributed by atoms with Crippen LogP contribution in [0.15, 0.2) is 36.4 Å². The van der Waals surface area contributed by atoms with E-state index in [0.29, 0.717) is 12.6 Å².